The molecule has 0 saturated heterocycles. The molecular formula is C11H8NNaO2. The molecule has 0 aliphatic carbocycles. The number of carbonyl (C=O) groups excluding carboxylic acids is 1. The number of rotatable bonds is 1. The molecule has 0 bridgehead atoms. The third-order valence-electron chi connectivity index (χ3n) is 2.10. The van der Waals surface area contributed by atoms with Crippen LogP contribution in [0, 0.1) is 0 Å². The summed E-state index contributed by atoms with van der Waals surface area (Å²) in [5.41, 5.74) is 6.44. The Kier molecular flexibility index (Phi) is 3.74. The molecule has 3 nitrogen and oxygen atoms in total. The van der Waals surface area contributed by atoms with Gasteiger partial charge in [-0.05, 0) is 34.5 Å². The number of benzene rings is 2. The third-order valence-corrected chi connectivity index (χ3v) is 2.10. The number of carboxylic acid groups (broad SMARTS) is 1. The van der Waals surface area contributed by atoms with Crippen molar-refractivity contribution in [2.75, 3.05) is 5.73 Å². The minimum Gasteiger partial charge on any atom is -0.545 e. The van der Waals surface area contributed by atoms with Gasteiger partial charge in [-0.1, -0.05) is 18.2 Å². The van der Waals surface area contributed by atoms with Gasteiger partial charge in [-0.15, -0.1) is 0 Å². The number of anilines is 1. The van der Waals surface area contributed by atoms with Gasteiger partial charge in [-0.3, -0.25) is 0 Å². The summed E-state index contributed by atoms with van der Waals surface area (Å²) in [6.45, 7) is 0. The Balaban J connectivity index is 0.00000112. The number of aromatic carboxylic acids is 1. The van der Waals surface area contributed by atoms with E-state index in [1.807, 2.05) is 0 Å². The second-order valence-corrected chi connectivity index (χ2v) is 3.11. The summed E-state index contributed by atoms with van der Waals surface area (Å²) in [4.78, 5) is 10.6. The van der Waals surface area contributed by atoms with E-state index in [4.69, 9.17) is 5.73 Å². The summed E-state index contributed by atoms with van der Waals surface area (Å²) in [5, 5.41) is 12.3. The maximum absolute atomic E-state index is 10.6. The maximum atomic E-state index is 10.6. The number of nitrogen functional groups attached to an aromatic ring is 1. The van der Waals surface area contributed by atoms with E-state index in [9.17, 15) is 9.90 Å². The summed E-state index contributed by atoms with van der Waals surface area (Å²) in [6, 6.07) is 10.1. The van der Waals surface area contributed by atoms with E-state index < -0.39 is 5.97 Å². The van der Waals surface area contributed by atoms with Crippen molar-refractivity contribution >= 4 is 22.4 Å². The molecule has 2 rings (SSSR count). The molecular weight excluding hydrogens is 201 g/mol. The first-order valence-electron chi connectivity index (χ1n) is 4.17. The molecule has 0 radical (unpaired) electrons. The van der Waals surface area contributed by atoms with Crippen molar-refractivity contribution in [1.29, 1.82) is 0 Å². The van der Waals surface area contributed by atoms with E-state index in [1.54, 1.807) is 30.3 Å². The van der Waals surface area contributed by atoms with Gasteiger partial charge in [0.1, 0.15) is 0 Å². The Hall–Kier alpha value is -1.03. The Labute approximate surface area is 109 Å². The molecule has 0 unspecified atom stereocenters. The fourth-order valence-electron chi connectivity index (χ4n) is 1.39. The molecule has 0 fully saturated rings. The standard InChI is InChI=1S/C11H9NO2.Na/c12-10-4-3-7-5-9(11(13)14)2-1-8(7)6-10;/h1-6H,12H2,(H,13,14);/q;+1/p-1. The van der Waals surface area contributed by atoms with Crippen LogP contribution in [-0.2, 0) is 0 Å². The third kappa shape index (κ3) is 2.50. The summed E-state index contributed by atoms with van der Waals surface area (Å²) in [7, 11) is 0. The topological polar surface area (TPSA) is 66.2 Å². The van der Waals surface area contributed by atoms with Gasteiger partial charge >= 0.3 is 29.6 Å². The fourth-order valence-corrected chi connectivity index (χ4v) is 1.39. The number of hydrogen-bond donors (Lipinski definition) is 1. The molecule has 0 aliphatic heterocycles. The summed E-state index contributed by atoms with van der Waals surface area (Å²) in [6.07, 6.45) is 0. The molecule has 15 heavy (non-hydrogen) atoms. The van der Waals surface area contributed by atoms with Gasteiger partial charge < -0.3 is 15.6 Å². The van der Waals surface area contributed by atoms with Gasteiger partial charge in [0.2, 0.25) is 0 Å². The molecule has 0 atom stereocenters. The molecule has 70 valence electrons. The molecule has 0 spiro atoms. The van der Waals surface area contributed by atoms with Crippen molar-refractivity contribution in [2.45, 2.75) is 0 Å². The first-order valence-corrected chi connectivity index (χ1v) is 4.17. The van der Waals surface area contributed by atoms with Gasteiger partial charge in [-0.25, -0.2) is 0 Å². The van der Waals surface area contributed by atoms with Crippen LogP contribution in [0.4, 0.5) is 5.69 Å². The molecule has 0 aromatic heterocycles. The van der Waals surface area contributed by atoms with Gasteiger partial charge in [0.25, 0.3) is 0 Å². The summed E-state index contributed by atoms with van der Waals surface area (Å²) >= 11 is 0. The van der Waals surface area contributed by atoms with Gasteiger partial charge in [0.15, 0.2) is 0 Å². The van der Waals surface area contributed by atoms with Crippen LogP contribution < -0.4 is 40.4 Å². The molecule has 2 aromatic rings. The monoisotopic (exact) mass is 209 g/mol. The Bertz CT molecular complexity index is 511. The molecule has 4 heteroatoms. The number of carboxylic acids is 1. The maximum Gasteiger partial charge on any atom is 1.00 e. The predicted molar refractivity (Wildman–Crippen MR) is 52.7 cm³/mol. The molecule has 0 heterocycles. The zero-order valence-corrected chi connectivity index (χ0v) is 10.4. The minimum absolute atomic E-state index is 0. The van der Waals surface area contributed by atoms with E-state index in [0.29, 0.717) is 5.69 Å². The fraction of sp³-hybridized carbons (Fsp3) is 0. The molecule has 0 aliphatic rings. The number of carbonyl (C=O) groups is 1. The second-order valence-electron chi connectivity index (χ2n) is 3.11. The van der Waals surface area contributed by atoms with Crippen LogP contribution in [0.5, 0.6) is 0 Å². The van der Waals surface area contributed by atoms with E-state index in [-0.39, 0.29) is 35.1 Å². The molecule has 2 aromatic carbocycles. The van der Waals surface area contributed by atoms with E-state index in [0.717, 1.165) is 10.8 Å². The van der Waals surface area contributed by atoms with Crippen molar-refractivity contribution in [3.8, 4) is 0 Å². The van der Waals surface area contributed by atoms with Crippen molar-refractivity contribution in [3.05, 3.63) is 42.0 Å². The average molecular weight is 209 g/mol. The smallest absolute Gasteiger partial charge is 0.545 e. The van der Waals surface area contributed by atoms with E-state index in [2.05, 4.69) is 0 Å². The first kappa shape index (κ1) is 12.0. The quantitative estimate of drug-likeness (QED) is 0.428. The number of hydrogen-bond acceptors (Lipinski definition) is 3. The molecule has 2 N–H and O–H groups in total. The zero-order chi connectivity index (χ0) is 10.1. The second kappa shape index (κ2) is 4.66. The largest absolute Gasteiger partial charge is 1.00 e. The molecule has 0 amide bonds. The first-order chi connectivity index (χ1) is 6.66. The van der Waals surface area contributed by atoms with Crippen LogP contribution in [0.1, 0.15) is 10.4 Å². The van der Waals surface area contributed by atoms with Crippen molar-refractivity contribution in [2.24, 2.45) is 0 Å². The number of nitrogens with two attached hydrogens (primary N) is 1. The van der Waals surface area contributed by atoms with Crippen LogP contribution in [0.15, 0.2) is 36.4 Å². The average Bonchev–Trinajstić information content (AvgIpc) is 2.16. The van der Waals surface area contributed by atoms with Gasteiger partial charge in [-0.2, -0.15) is 0 Å². The van der Waals surface area contributed by atoms with Gasteiger partial charge in [0, 0.05) is 5.69 Å². The van der Waals surface area contributed by atoms with E-state index >= 15 is 0 Å². The zero-order valence-electron chi connectivity index (χ0n) is 8.36. The normalized spacial score (nSPS) is 9.60. The Morgan fingerprint density at radius 2 is 1.67 bits per heavy atom. The van der Waals surface area contributed by atoms with Crippen LogP contribution in [0.25, 0.3) is 10.8 Å². The van der Waals surface area contributed by atoms with E-state index in [1.165, 1.54) is 6.07 Å². The van der Waals surface area contributed by atoms with Crippen LogP contribution in [0.2, 0.25) is 0 Å². The molecule has 0 saturated carbocycles. The summed E-state index contributed by atoms with van der Waals surface area (Å²) < 4.78 is 0. The summed E-state index contributed by atoms with van der Waals surface area (Å²) in [5.74, 6) is -1.16. The Morgan fingerprint density at radius 3 is 2.33 bits per heavy atom. The van der Waals surface area contributed by atoms with Crippen molar-refractivity contribution < 1.29 is 39.5 Å². The van der Waals surface area contributed by atoms with Crippen molar-refractivity contribution in [3.63, 3.8) is 0 Å². The van der Waals surface area contributed by atoms with Crippen LogP contribution in [-0.4, -0.2) is 5.97 Å². The SMILES string of the molecule is Nc1ccc2cc(C(=O)[O-])ccc2c1.[Na+]. The van der Waals surface area contributed by atoms with Crippen LogP contribution >= 0.6 is 0 Å². The van der Waals surface area contributed by atoms with Gasteiger partial charge in [0.05, 0.1) is 5.97 Å². The Morgan fingerprint density at radius 1 is 1.07 bits per heavy atom. The predicted octanol–water partition coefficient (Wildman–Crippen LogP) is -2.21. The minimum atomic E-state index is -1.16. The van der Waals surface area contributed by atoms with Crippen molar-refractivity contribution in [1.82, 2.24) is 0 Å². The van der Waals surface area contributed by atoms with Crippen LogP contribution in [0.3, 0.4) is 0 Å². The number of fused-ring (bicyclic) bond motifs is 1.